The summed E-state index contributed by atoms with van der Waals surface area (Å²) < 4.78 is 0. The summed E-state index contributed by atoms with van der Waals surface area (Å²) in [6, 6.07) is 0. The van der Waals surface area contributed by atoms with Crippen molar-refractivity contribution in [3.8, 4) is 0 Å². The Bertz CT molecular complexity index is 249. The lowest BCUT2D eigenvalue weighted by atomic mass is 9.88. The summed E-state index contributed by atoms with van der Waals surface area (Å²) in [6.45, 7) is 0. The van der Waals surface area contributed by atoms with E-state index < -0.39 is 0 Å². The molecule has 0 amide bonds. The van der Waals surface area contributed by atoms with Crippen LogP contribution in [0, 0.1) is 0 Å². The Balaban J connectivity index is 1.84. The lowest BCUT2D eigenvalue weighted by molar-refractivity contribution is 0.641. The molecule has 0 atom stereocenters. The molecule has 76 valence electrons. The molecular weight excluding hydrogens is 188 g/mol. The lowest BCUT2D eigenvalue weighted by Gasteiger charge is -2.30. The molecule has 0 fully saturated rings. The van der Waals surface area contributed by atoms with E-state index in [1.165, 1.54) is 57.8 Å². The Kier molecular flexibility index (Phi) is 2.44. The van der Waals surface area contributed by atoms with Gasteiger partial charge in [0.25, 0.3) is 0 Å². The van der Waals surface area contributed by atoms with Crippen LogP contribution in [0.2, 0.25) is 0 Å². The van der Waals surface area contributed by atoms with Gasteiger partial charge in [-0.1, -0.05) is 22.9 Å². The highest BCUT2D eigenvalue weighted by Gasteiger charge is 2.24. The van der Waals surface area contributed by atoms with Crippen LogP contribution in [0.5, 0.6) is 0 Å². The van der Waals surface area contributed by atoms with E-state index in [4.69, 9.17) is 0 Å². The van der Waals surface area contributed by atoms with Crippen LogP contribution in [0.3, 0.4) is 0 Å². The second-order valence-corrected chi connectivity index (χ2v) is 5.94. The smallest absolute Gasteiger partial charge is 0.00864 e. The second kappa shape index (κ2) is 3.77. The summed E-state index contributed by atoms with van der Waals surface area (Å²) in [4.78, 5) is 3.52. The molecule has 3 rings (SSSR count). The predicted molar refractivity (Wildman–Crippen MR) is 63.2 cm³/mol. The minimum atomic E-state index is 1.36. The van der Waals surface area contributed by atoms with Crippen LogP contribution < -0.4 is 0 Å². The Morgan fingerprint density at radius 1 is 0.643 bits per heavy atom. The Morgan fingerprint density at radius 2 is 1.14 bits per heavy atom. The SMILES string of the molecule is C1CCC2=C(C1)CC1=C(CCCC1)S2. The number of hydrogen-bond acceptors (Lipinski definition) is 1. The molecule has 0 aromatic rings. The molecular formula is C13H18S. The van der Waals surface area contributed by atoms with E-state index in [0.717, 1.165) is 0 Å². The molecule has 2 aliphatic carbocycles. The van der Waals surface area contributed by atoms with E-state index in [0.29, 0.717) is 0 Å². The topological polar surface area (TPSA) is 0 Å². The third kappa shape index (κ3) is 1.56. The third-order valence-electron chi connectivity index (χ3n) is 3.73. The molecule has 0 aromatic carbocycles. The molecule has 0 N–H and O–H groups in total. The molecule has 0 saturated heterocycles. The van der Waals surface area contributed by atoms with Gasteiger partial charge in [0.2, 0.25) is 0 Å². The minimum absolute atomic E-state index is 1.36. The van der Waals surface area contributed by atoms with Crippen molar-refractivity contribution in [1.82, 2.24) is 0 Å². The summed E-state index contributed by atoms with van der Waals surface area (Å²) in [7, 11) is 0. The van der Waals surface area contributed by atoms with Gasteiger partial charge in [-0.25, -0.2) is 0 Å². The monoisotopic (exact) mass is 206 g/mol. The standard InChI is InChI=1S/C13H18S/c1-3-7-12-10(5-1)9-11-6-2-4-8-13(11)14-12/h1-9H2. The zero-order valence-corrected chi connectivity index (χ0v) is 9.59. The average molecular weight is 206 g/mol. The Hall–Kier alpha value is -0.170. The van der Waals surface area contributed by atoms with Crippen molar-refractivity contribution in [2.45, 2.75) is 57.8 Å². The van der Waals surface area contributed by atoms with Crippen molar-refractivity contribution >= 4 is 11.8 Å². The first-order valence-corrected chi connectivity index (χ1v) is 6.85. The van der Waals surface area contributed by atoms with Crippen molar-refractivity contribution in [2.24, 2.45) is 0 Å². The molecule has 0 bridgehead atoms. The number of rotatable bonds is 0. The summed E-state index contributed by atoms with van der Waals surface area (Å²) in [5.74, 6) is 0. The quantitative estimate of drug-likeness (QED) is 0.549. The fourth-order valence-electron chi connectivity index (χ4n) is 2.91. The molecule has 0 aromatic heterocycles. The van der Waals surface area contributed by atoms with Gasteiger partial charge in [0.1, 0.15) is 0 Å². The highest BCUT2D eigenvalue weighted by Crippen LogP contribution is 2.49. The van der Waals surface area contributed by atoms with E-state index in [1.807, 2.05) is 11.1 Å². The summed E-state index contributed by atoms with van der Waals surface area (Å²) >= 11 is 2.16. The Morgan fingerprint density at radius 3 is 1.71 bits per heavy atom. The molecule has 1 heteroatoms. The van der Waals surface area contributed by atoms with Crippen molar-refractivity contribution in [2.75, 3.05) is 0 Å². The van der Waals surface area contributed by atoms with Gasteiger partial charge >= 0.3 is 0 Å². The van der Waals surface area contributed by atoms with Crippen LogP contribution in [0.1, 0.15) is 57.8 Å². The van der Waals surface area contributed by atoms with Crippen LogP contribution in [0.15, 0.2) is 21.0 Å². The average Bonchev–Trinajstić information content (AvgIpc) is 2.26. The van der Waals surface area contributed by atoms with Gasteiger partial charge in [-0.05, 0) is 67.6 Å². The van der Waals surface area contributed by atoms with Crippen LogP contribution in [0.25, 0.3) is 0 Å². The fourth-order valence-corrected chi connectivity index (χ4v) is 4.33. The molecule has 3 aliphatic rings. The van der Waals surface area contributed by atoms with E-state index in [9.17, 15) is 0 Å². The zero-order valence-electron chi connectivity index (χ0n) is 8.77. The van der Waals surface area contributed by atoms with Crippen molar-refractivity contribution in [3.05, 3.63) is 21.0 Å². The molecule has 0 radical (unpaired) electrons. The zero-order chi connectivity index (χ0) is 9.38. The van der Waals surface area contributed by atoms with Crippen molar-refractivity contribution in [3.63, 3.8) is 0 Å². The summed E-state index contributed by atoms with van der Waals surface area (Å²) in [5.41, 5.74) is 3.61. The van der Waals surface area contributed by atoms with Crippen LogP contribution in [-0.4, -0.2) is 0 Å². The predicted octanol–water partition coefficient (Wildman–Crippen LogP) is 4.78. The van der Waals surface area contributed by atoms with Gasteiger partial charge in [-0.2, -0.15) is 0 Å². The van der Waals surface area contributed by atoms with Gasteiger partial charge in [0.15, 0.2) is 0 Å². The van der Waals surface area contributed by atoms with Crippen LogP contribution in [0.4, 0.5) is 0 Å². The van der Waals surface area contributed by atoms with Crippen molar-refractivity contribution in [1.29, 1.82) is 0 Å². The van der Waals surface area contributed by atoms with Gasteiger partial charge in [0, 0.05) is 0 Å². The lowest BCUT2D eigenvalue weighted by Crippen LogP contribution is -2.08. The largest absolute Gasteiger partial charge is 0.0991 e. The van der Waals surface area contributed by atoms with Gasteiger partial charge in [0.05, 0.1) is 0 Å². The maximum atomic E-state index is 2.16. The number of hydrogen-bond donors (Lipinski definition) is 0. The van der Waals surface area contributed by atoms with Crippen molar-refractivity contribution < 1.29 is 0 Å². The van der Waals surface area contributed by atoms with Gasteiger partial charge in [-0.15, -0.1) is 0 Å². The summed E-state index contributed by atoms with van der Waals surface area (Å²) in [6.07, 6.45) is 12.7. The van der Waals surface area contributed by atoms with E-state index in [2.05, 4.69) is 11.8 Å². The maximum Gasteiger partial charge on any atom is -0.00864 e. The highest BCUT2D eigenvalue weighted by molar-refractivity contribution is 8.06. The summed E-state index contributed by atoms with van der Waals surface area (Å²) in [5, 5.41) is 0. The normalized spacial score (nSPS) is 27.4. The highest BCUT2D eigenvalue weighted by atomic mass is 32.2. The first-order valence-electron chi connectivity index (χ1n) is 6.03. The third-order valence-corrected chi connectivity index (χ3v) is 5.21. The molecule has 14 heavy (non-hydrogen) atoms. The van der Waals surface area contributed by atoms with Crippen LogP contribution >= 0.6 is 11.8 Å². The Labute approximate surface area is 90.8 Å². The van der Waals surface area contributed by atoms with Gasteiger partial charge in [-0.3, -0.25) is 0 Å². The first-order chi connectivity index (χ1) is 6.93. The molecule has 1 aliphatic heterocycles. The number of thioether (sulfide) groups is 1. The molecule has 0 spiro atoms. The van der Waals surface area contributed by atoms with E-state index in [1.54, 1.807) is 9.81 Å². The maximum absolute atomic E-state index is 2.16. The molecule has 1 heterocycles. The molecule has 0 unspecified atom stereocenters. The minimum Gasteiger partial charge on any atom is -0.0991 e. The second-order valence-electron chi connectivity index (χ2n) is 4.75. The van der Waals surface area contributed by atoms with E-state index >= 15 is 0 Å². The van der Waals surface area contributed by atoms with Crippen LogP contribution in [-0.2, 0) is 0 Å². The fraction of sp³-hybridized carbons (Fsp3) is 0.692. The molecule has 0 saturated carbocycles. The first kappa shape index (κ1) is 9.08. The number of allylic oxidation sites excluding steroid dienone is 4. The van der Waals surface area contributed by atoms with Gasteiger partial charge < -0.3 is 0 Å². The molecule has 0 nitrogen and oxygen atoms in total. The van der Waals surface area contributed by atoms with E-state index in [-0.39, 0.29) is 0 Å².